The maximum absolute atomic E-state index is 12.8. The highest BCUT2D eigenvalue weighted by atomic mass is 16.1. The molecule has 0 bridgehead atoms. The molecule has 3 heteroatoms. The Morgan fingerprint density at radius 3 is 2.71 bits per heavy atom. The summed E-state index contributed by atoms with van der Waals surface area (Å²) in [4.78, 5) is 16.0. The Balaban J connectivity index is 1.92. The van der Waals surface area contributed by atoms with E-state index in [9.17, 15) is 4.79 Å². The van der Waals surface area contributed by atoms with E-state index in [1.165, 1.54) is 11.1 Å². The molecule has 0 spiro atoms. The van der Waals surface area contributed by atoms with Gasteiger partial charge in [0.2, 0.25) is 0 Å². The maximum Gasteiger partial charge on any atom is 0.194 e. The summed E-state index contributed by atoms with van der Waals surface area (Å²) in [5.74, 6) is 0. The molecule has 1 aromatic heterocycles. The van der Waals surface area contributed by atoms with Gasteiger partial charge in [0, 0.05) is 29.2 Å². The van der Waals surface area contributed by atoms with Gasteiger partial charge in [0.1, 0.15) is 0 Å². The highest BCUT2D eigenvalue weighted by Crippen LogP contribution is 2.27. The fraction of sp³-hybridized carbons (Fsp3) is 0.167. The second-order valence-electron chi connectivity index (χ2n) is 5.45. The van der Waals surface area contributed by atoms with Crippen molar-refractivity contribution in [2.75, 3.05) is 6.54 Å². The summed E-state index contributed by atoms with van der Waals surface area (Å²) in [6.45, 7) is 0.897. The first kappa shape index (κ1) is 12.4. The van der Waals surface area contributed by atoms with Crippen LogP contribution in [0.5, 0.6) is 0 Å². The Morgan fingerprint density at radius 1 is 0.952 bits per heavy atom. The van der Waals surface area contributed by atoms with Gasteiger partial charge in [-0.25, -0.2) is 0 Å². The van der Waals surface area contributed by atoms with E-state index in [1.807, 2.05) is 36.5 Å². The van der Waals surface area contributed by atoms with Gasteiger partial charge in [-0.1, -0.05) is 36.4 Å². The lowest BCUT2D eigenvalue weighted by atomic mass is 9.90. The number of para-hydroxylation sites is 1. The Hall–Kier alpha value is -2.39. The number of aromatic nitrogens is 1. The van der Waals surface area contributed by atoms with Gasteiger partial charge in [-0.3, -0.25) is 4.79 Å². The molecule has 104 valence electrons. The zero-order chi connectivity index (χ0) is 14.2. The fourth-order valence-electron chi connectivity index (χ4n) is 3.18. The number of pyridine rings is 1. The van der Waals surface area contributed by atoms with Gasteiger partial charge in [-0.05, 0) is 29.7 Å². The normalized spacial score (nSPS) is 17.6. The molecular formula is C18H16N2O. The molecule has 0 aliphatic carbocycles. The van der Waals surface area contributed by atoms with E-state index < -0.39 is 0 Å². The topological polar surface area (TPSA) is 44.9 Å². The van der Waals surface area contributed by atoms with Gasteiger partial charge in [0.05, 0.1) is 6.04 Å². The highest BCUT2D eigenvalue weighted by Gasteiger charge is 2.23. The van der Waals surface area contributed by atoms with Gasteiger partial charge >= 0.3 is 0 Å². The average Bonchev–Trinajstić information content (AvgIpc) is 2.55. The molecule has 2 aromatic carbocycles. The molecule has 3 aromatic rings. The molecule has 0 fully saturated rings. The number of benzene rings is 2. The molecule has 0 saturated heterocycles. The Labute approximate surface area is 122 Å². The molecule has 2 N–H and O–H groups in total. The Kier molecular flexibility index (Phi) is 2.86. The first-order chi connectivity index (χ1) is 10.3. The van der Waals surface area contributed by atoms with Crippen molar-refractivity contribution in [2.24, 2.45) is 0 Å². The molecule has 0 radical (unpaired) electrons. The van der Waals surface area contributed by atoms with Crippen molar-refractivity contribution in [3.8, 4) is 0 Å². The number of H-pyrrole nitrogens is 1. The van der Waals surface area contributed by atoms with E-state index in [1.54, 1.807) is 0 Å². The predicted octanol–water partition coefficient (Wildman–Crippen LogP) is 2.76. The monoisotopic (exact) mass is 276 g/mol. The zero-order valence-corrected chi connectivity index (χ0v) is 11.6. The number of rotatable bonds is 1. The number of hydrogen-bond donors (Lipinski definition) is 2. The summed E-state index contributed by atoms with van der Waals surface area (Å²) in [6.07, 6.45) is 2.86. The summed E-state index contributed by atoms with van der Waals surface area (Å²) in [5.41, 5.74) is 4.33. The van der Waals surface area contributed by atoms with Crippen molar-refractivity contribution < 1.29 is 0 Å². The minimum Gasteiger partial charge on any atom is -0.361 e. The van der Waals surface area contributed by atoms with E-state index in [0.29, 0.717) is 0 Å². The minimum atomic E-state index is -0.0247. The van der Waals surface area contributed by atoms with Gasteiger partial charge in [-0.2, -0.15) is 0 Å². The minimum absolute atomic E-state index is 0.0247. The highest BCUT2D eigenvalue weighted by molar-refractivity contribution is 5.78. The molecule has 0 saturated carbocycles. The smallest absolute Gasteiger partial charge is 0.194 e. The van der Waals surface area contributed by atoms with Crippen molar-refractivity contribution >= 4 is 10.9 Å². The standard InChI is InChI=1S/C18H16N2O/c21-18-14-7-3-4-8-16(14)20-11-15(18)17-13-6-2-1-5-12(13)9-10-19-17/h1-8,11,17,19H,9-10H2,(H,20,21). The van der Waals surface area contributed by atoms with Crippen LogP contribution < -0.4 is 10.7 Å². The van der Waals surface area contributed by atoms with Crippen LogP contribution >= 0.6 is 0 Å². The van der Waals surface area contributed by atoms with Crippen molar-refractivity contribution in [3.05, 3.63) is 81.6 Å². The van der Waals surface area contributed by atoms with Crippen LogP contribution in [-0.2, 0) is 6.42 Å². The number of aromatic amines is 1. The molecule has 1 aliphatic heterocycles. The van der Waals surface area contributed by atoms with Crippen LogP contribution in [0.1, 0.15) is 22.7 Å². The first-order valence-corrected chi connectivity index (χ1v) is 7.26. The lowest BCUT2D eigenvalue weighted by molar-refractivity contribution is 0.565. The second-order valence-corrected chi connectivity index (χ2v) is 5.45. The van der Waals surface area contributed by atoms with Crippen molar-refractivity contribution in [1.29, 1.82) is 0 Å². The second kappa shape index (κ2) is 4.86. The number of fused-ring (bicyclic) bond motifs is 2. The summed E-state index contributed by atoms with van der Waals surface area (Å²) < 4.78 is 0. The molecule has 2 heterocycles. The maximum atomic E-state index is 12.8. The van der Waals surface area contributed by atoms with Crippen LogP contribution in [0.2, 0.25) is 0 Å². The third-order valence-electron chi connectivity index (χ3n) is 4.24. The SMILES string of the molecule is O=c1c(C2NCCc3ccccc32)c[nH]c2ccccc12. The summed E-state index contributed by atoms with van der Waals surface area (Å²) >= 11 is 0. The third-order valence-corrected chi connectivity index (χ3v) is 4.24. The summed E-state index contributed by atoms with van der Waals surface area (Å²) in [7, 11) is 0. The molecule has 4 rings (SSSR count). The van der Waals surface area contributed by atoms with Crippen LogP contribution in [0.3, 0.4) is 0 Å². The number of hydrogen-bond acceptors (Lipinski definition) is 2. The largest absolute Gasteiger partial charge is 0.361 e. The van der Waals surface area contributed by atoms with Crippen LogP contribution in [0.25, 0.3) is 10.9 Å². The summed E-state index contributed by atoms with van der Waals surface area (Å²) in [5, 5.41) is 4.23. The van der Waals surface area contributed by atoms with Crippen molar-refractivity contribution in [3.63, 3.8) is 0 Å². The first-order valence-electron chi connectivity index (χ1n) is 7.26. The average molecular weight is 276 g/mol. The quantitative estimate of drug-likeness (QED) is 0.718. The fourth-order valence-corrected chi connectivity index (χ4v) is 3.18. The van der Waals surface area contributed by atoms with Crippen LogP contribution in [0.4, 0.5) is 0 Å². The molecule has 1 aliphatic rings. The van der Waals surface area contributed by atoms with E-state index in [4.69, 9.17) is 0 Å². The molecule has 21 heavy (non-hydrogen) atoms. The van der Waals surface area contributed by atoms with Crippen molar-refractivity contribution in [1.82, 2.24) is 10.3 Å². The van der Waals surface area contributed by atoms with E-state index >= 15 is 0 Å². The lowest BCUT2D eigenvalue weighted by Crippen LogP contribution is -2.33. The van der Waals surface area contributed by atoms with Gasteiger partial charge in [0.15, 0.2) is 5.43 Å². The predicted molar refractivity (Wildman–Crippen MR) is 84.6 cm³/mol. The molecule has 1 unspecified atom stereocenters. The van der Waals surface area contributed by atoms with E-state index in [0.717, 1.165) is 29.4 Å². The molecule has 3 nitrogen and oxygen atoms in total. The third kappa shape index (κ3) is 1.98. The molecule has 0 amide bonds. The van der Waals surface area contributed by atoms with Crippen molar-refractivity contribution in [2.45, 2.75) is 12.5 Å². The van der Waals surface area contributed by atoms with Gasteiger partial charge < -0.3 is 10.3 Å². The van der Waals surface area contributed by atoms with E-state index in [-0.39, 0.29) is 11.5 Å². The van der Waals surface area contributed by atoms with Crippen LogP contribution in [0, 0.1) is 0 Å². The molecular weight excluding hydrogens is 260 g/mol. The van der Waals surface area contributed by atoms with Gasteiger partial charge in [-0.15, -0.1) is 0 Å². The van der Waals surface area contributed by atoms with Gasteiger partial charge in [0.25, 0.3) is 0 Å². The van der Waals surface area contributed by atoms with E-state index in [2.05, 4.69) is 28.5 Å². The Bertz CT molecular complexity index is 866. The molecule has 1 atom stereocenters. The Morgan fingerprint density at radius 2 is 1.76 bits per heavy atom. The zero-order valence-electron chi connectivity index (χ0n) is 11.6. The lowest BCUT2D eigenvalue weighted by Gasteiger charge is -2.26. The van der Waals surface area contributed by atoms with Crippen LogP contribution in [-0.4, -0.2) is 11.5 Å². The summed E-state index contributed by atoms with van der Waals surface area (Å²) in [6, 6.07) is 16.0. The van der Waals surface area contributed by atoms with Crippen LogP contribution in [0.15, 0.2) is 59.5 Å². The number of nitrogens with one attached hydrogen (secondary N) is 2.